The summed E-state index contributed by atoms with van der Waals surface area (Å²) in [4.78, 5) is 35.2. The maximum absolute atomic E-state index is 14.4. The van der Waals surface area contributed by atoms with Gasteiger partial charge in [0, 0.05) is 68.6 Å². The molecule has 4 aromatic rings. The summed E-state index contributed by atoms with van der Waals surface area (Å²) in [5.41, 5.74) is 2.15. The molecule has 1 saturated heterocycles. The van der Waals surface area contributed by atoms with E-state index < -0.39 is 17.8 Å². The van der Waals surface area contributed by atoms with Gasteiger partial charge in [-0.05, 0) is 30.3 Å². The van der Waals surface area contributed by atoms with Gasteiger partial charge in [0.2, 0.25) is 5.82 Å². The molecule has 202 valence electrons. The quantitative estimate of drug-likeness (QED) is 0.410. The van der Waals surface area contributed by atoms with E-state index in [-0.39, 0.29) is 23.7 Å². The van der Waals surface area contributed by atoms with Crippen molar-refractivity contribution in [2.45, 2.75) is 12.7 Å². The molecule has 40 heavy (non-hydrogen) atoms. The number of anilines is 3. The molecule has 2 aliphatic heterocycles. The zero-order chi connectivity index (χ0) is 28.0. The predicted molar refractivity (Wildman–Crippen MR) is 141 cm³/mol. The zero-order valence-corrected chi connectivity index (χ0v) is 21.3. The van der Waals surface area contributed by atoms with Gasteiger partial charge in [-0.25, -0.2) is 19.7 Å². The van der Waals surface area contributed by atoms with Crippen molar-refractivity contribution in [3.05, 3.63) is 65.9 Å². The van der Waals surface area contributed by atoms with E-state index in [1.165, 1.54) is 34.3 Å². The maximum atomic E-state index is 14.4. The predicted octanol–water partition coefficient (Wildman–Crippen LogP) is 4.09. The number of nitriles is 1. The number of carbonyl (C=O) groups is 1. The summed E-state index contributed by atoms with van der Waals surface area (Å²) in [7, 11) is 1.58. The number of nitrogens with zero attached hydrogens (tertiary/aromatic N) is 8. The Hall–Kier alpha value is -4.83. The fraction of sp³-hybridized carbons (Fsp3) is 0.259. The van der Waals surface area contributed by atoms with Crippen molar-refractivity contribution >= 4 is 34.1 Å². The van der Waals surface area contributed by atoms with Crippen LogP contribution in [-0.4, -0.2) is 64.1 Å². The third-order valence-corrected chi connectivity index (χ3v) is 6.96. The van der Waals surface area contributed by atoms with Crippen LogP contribution in [0.4, 0.5) is 35.0 Å². The van der Waals surface area contributed by atoms with E-state index >= 15 is 0 Å². The van der Waals surface area contributed by atoms with Gasteiger partial charge in [0.15, 0.2) is 0 Å². The van der Waals surface area contributed by atoms with Crippen LogP contribution < -0.4 is 15.1 Å². The van der Waals surface area contributed by atoms with Gasteiger partial charge in [0.25, 0.3) is 0 Å². The molecule has 6 rings (SSSR count). The molecule has 1 N–H and O–H groups in total. The first-order valence-electron chi connectivity index (χ1n) is 12.5. The molecule has 0 saturated carbocycles. The molecule has 13 heteroatoms. The third-order valence-electron chi connectivity index (χ3n) is 6.96. The Morgan fingerprint density at radius 3 is 2.48 bits per heavy atom. The minimum atomic E-state index is -4.63. The van der Waals surface area contributed by atoms with Gasteiger partial charge in [0.05, 0.1) is 34.7 Å². The van der Waals surface area contributed by atoms with Crippen LogP contribution >= 0.6 is 0 Å². The lowest BCUT2D eigenvalue weighted by Crippen LogP contribution is -2.44. The molecule has 5 heterocycles. The number of halogens is 3. The third kappa shape index (κ3) is 4.42. The van der Waals surface area contributed by atoms with E-state index in [4.69, 9.17) is 10.2 Å². The maximum Gasteiger partial charge on any atom is 0.418 e. The highest BCUT2D eigenvalue weighted by atomic mass is 19.4. The van der Waals surface area contributed by atoms with Gasteiger partial charge in [0.1, 0.15) is 11.6 Å². The van der Waals surface area contributed by atoms with Crippen molar-refractivity contribution in [2.75, 3.05) is 43.0 Å². The number of rotatable bonds is 3. The minimum Gasteiger partial charge on any atom is -0.368 e. The standard InChI is InChI=1S/C27H22F3N9O/c1-37-15-17-14-33-21-4-3-20(16-12-34-23(11-31)35-13-16)36-24(21)25(17)39(26(37)40)18-2-5-22(19(10-18)27(28,29)30)38-8-6-32-7-9-38/h2-5,10,12-14,32H,6-9,15H2,1H3. The van der Waals surface area contributed by atoms with E-state index in [9.17, 15) is 18.0 Å². The second-order valence-corrected chi connectivity index (χ2v) is 9.51. The lowest BCUT2D eigenvalue weighted by Gasteiger charge is -2.36. The number of aromatic nitrogens is 4. The summed E-state index contributed by atoms with van der Waals surface area (Å²) in [6, 6.07) is 8.79. The molecular weight excluding hydrogens is 523 g/mol. The first-order valence-corrected chi connectivity index (χ1v) is 12.5. The lowest BCUT2D eigenvalue weighted by atomic mass is 10.0. The van der Waals surface area contributed by atoms with Gasteiger partial charge < -0.3 is 15.1 Å². The summed E-state index contributed by atoms with van der Waals surface area (Å²) in [5, 5.41) is 12.2. The lowest BCUT2D eigenvalue weighted by molar-refractivity contribution is -0.137. The smallest absolute Gasteiger partial charge is 0.368 e. The molecule has 2 amide bonds. The van der Waals surface area contributed by atoms with E-state index in [1.807, 2.05) is 6.07 Å². The number of fused-ring (bicyclic) bond motifs is 3. The molecule has 1 aromatic carbocycles. The summed E-state index contributed by atoms with van der Waals surface area (Å²) >= 11 is 0. The van der Waals surface area contributed by atoms with Crippen molar-refractivity contribution in [3.8, 4) is 17.3 Å². The van der Waals surface area contributed by atoms with Crippen molar-refractivity contribution < 1.29 is 18.0 Å². The molecule has 1 fully saturated rings. The van der Waals surface area contributed by atoms with E-state index in [2.05, 4.69) is 20.3 Å². The molecule has 0 radical (unpaired) electrons. The second-order valence-electron chi connectivity index (χ2n) is 9.51. The number of piperazine rings is 1. The Morgan fingerprint density at radius 1 is 1.02 bits per heavy atom. The number of nitrogens with one attached hydrogen (secondary N) is 1. The van der Waals surface area contributed by atoms with Gasteiger partial charge in [-0.2, -0.15) is 18.4 Å². The number of urea groups is 1. The highest BCUT2D eigenvalue weighted by molar-refractivity contribution is 6.08. The summed E-state index contributed by atoms with van der Waals surface area (Å²) in [5.74, 6) is 0.00752. The SMILES string of the molecule is CN1Cc2cnc3ccc(-c4cnc(C#N)nc4)nc3c2N(c2ccc(N3CCNCC3)c(C(F)(F)F)c2)C1=O. The van der Waals surface area contributed by atoms with Crippen LogP contribution in [0.5, 0.6) is 0 Å². The molecule has 0 spiro atoms. The number of carbonyl (C=O) groups excluding carboxylic acids is 1. The largest absolute Gasteiger partial charge is 0.418 e. The Morgan fingerprint density at radius 2 is 1.77 bits per heavy atom. The Labute approximate surface area is 226 Å². The van der Waals surface area contributed by atoms with Crippen LogP contribution in [0.25, 0.3) is 22.3 Å². The molecule has 0 aliphatic carbocycles. The molecule has 0 atom stereocenters. The Balaban J connectivity index is 1.52. The topological polar surface area (TPSA) is 114 Å². The first kappa shape index (κ1) is 25.4. The normalized spacial score (nSPS) is 15.8. The second kappa shape index (κ2) is 9.73. The van der Waals surface area contributed by atoms with Crippen LogP contribution in [0, 0.1) is 11.3 Å². The van der Waals surface area contributed by atoms with E-state index in [0.717, 1.165) is 6.07 Å². The van der Waals surface area contributed by atoms with Gasteiger partial charge in [-0.1, -0.05) is 0 Å². The number of hydrogen-bond acceptors (Lipinski definition) is 8. The van der Waals surface area contributed by atoms with Gasteiger partial charge >= 0.3 is 12.2 Å². The summed E-state index contributed by atoms with van der Waals surface area (Å²) in [6.07, 6.45) is -0.0992. The van der Waals surface area contributed by atoms with E-state index in [1.54, 1.807) is 30.3 Å². The van der Waals surface area contributed by atoms with Crippen molar-refractivity contribution in [2.24, 2.45) is 0 Å². The summed E-state index contributed by atoms with van der Waals surface area (Å²) < 4.78 is 43.1. The highest BCUT2D eigenvalue weighted by Crippen LogP contribution is 2.43. The van der Waals surface area contributed by atoms with Crippen LogP contribution in [0.2, 0.25) is 0 Å². The molecule has 10 nitrogen and oxygen atoms in total. The average molecular weight is 546 g/mol. The van der Waals surface area contributed by atoms with Crippen LogP contribution in [0.3, 0.4) is 0 Å². The molecule has 0 unspecified atom stereocenters. The fourth-order valence-corrected chi connectivity index (χ4v) is 5.04. The van der Waals surface area contributed by atoms with Gasteiger partial charge in [-0.3, -0.25) is 9.88 Å². The monoisotopic (exact) mass is 545 g/mol. The number of alkyl halides is 3. The molecule has 3 aromatic heterocycles. The number of benzene rings is 1. The Kier molecular flexibility index (Phi) is 6.19. The van der Waals surface area contributed by atoms with Crippen LogP contribution in [0.15, 0.2) is 48.9 Å². The average Bonchev–Trinajstić information content (AvgIpc) is 2.97. The molecular formula is C27H22F3N9O. The molecule has 2 aliphatic rings. The van der Waals surface area contributed by atoms with Crippen molar-refractivity contribution in [1.29, 1.82) is 5.26 Å². The van der Waals surface area contributed by atoms with E-state index in [0.29, 0.717) is 59.7 Å². The first-order chi connectivity index (χ1) is 19.2. The van der Waals surface area contributed by atoms with Crippen molar-refractivity contribution in [1.82, 2.24) is 30.2 Å². The minimum absolute atomic E-state index is 0.00752. The Bertz CT molecular complexity index is 1660. The van der Waals surface area contributed by atoms with Gasteiger partial charge in [-0.15, -0.1) is 0 Å². The highest BCUT2D eigenvalue weighted by Gasteiger charge is 2.38. The molecule has 0 bridgehead atoms. The number of amides is 2. The van der Waals surface area contributed by atoms with Crippen LogP contribution in [-0.2, 0) is 12.7 Å². The summed E-state index contributed by atoms with van der Waals surface area (Å²) in [6.45, 7) is 2.26. The fourth-order valence-electron chi connectivity index (χ4n) is 5.04. The number of hydrogen-bond donors (Lipinski definition) is 1. The van der Waals surface area contributed by atoms with Crippen LogP contribution in [0.1, 0.15) is 17.0 Å². The zero-order valence-electron chi connectivity index (χ0n) is 21.3. The number of pyridine rings is 2. The van der Waals surface area contributed by atoms with Crippen molar-refractivity contribution in [3.63, 3.8) is 0 Å².